The molecule has 17 heavy (non-hydrogen) atoms. The first kappa shape index (κ1) is 11.1. The second-order valence-corrected chi connectivity index (χ2v) is 5.62. The number of nitrogens with zero attached hydrogens (tertiary/aromatic N) is 1. The van der Waals surface area contributed by atoms with Crippen LogP contribution in [0.4, 0.5) is 4.39 Å². The van der Waals surface area contributed by atoms with E-state index < -0.39 is 6.10 Å². The van der Waals surface area contributed by atoms with E-state index in [0.29, 0.717) is 11.5 Å². The molecule has 0 aliphatic heterocycles. The molecule has 2 aliphatic carbocycles. The number of rotatable bonds is 3. The zero-order valence-corrected chi connectivity index (χ0v) is 9.85. The molecule has 4 unspecified atom stereocenters. The Kier molecular flexibility index (Phi) is 2.87. The topological polar surface area (TPSA) is 33.1 Å². The van der Waals surface area contributed by atoms with Crippen molar-refractivity contribution in [3.8, 4) is 0 Å². The van der Waals surface area contributed by atoms with Crippen molar-refractivity contribution in [2.75, 3.05) is 0 Å². The number of aliphatic hydroxyl groups is 1. The zero-order chi connectivity index (χ0) is 11.8. The summed E-state index contributed by atoms with van der Waals surface area (Å²) in [6.07, 6.45) is 8.26. The molecule has 2 aliphatic rings. The molecular formula is C14H18FNO. The van der Waals surface area contributed by atoms with Gasteiger partial charge in [-0.15, -0.1) is 0 Å². The van der Waals surface area contributed by atoms with Crippen molar-refractivity contribution in [1.82, 2.24) is 4.98 Å². The van der Waals surface area contributed by atoms with Crippen molar-refractivity contribution in [3.05, 3.63) is 29.8 Å². The Morgan fingerprint density at radius 1 is 1.35 bits per heavy atom. The summed E-state index contributed by atoms with van der Waals surface area (Å²) in [6.45, 7) is 0. The fourth-order valence-electron chi connectivity index (χ4n) is 3.70. The number of hydrogen-bond acceptors (Lipinski definition) is 2. The molecule has 0 aromatic carbocycles. The van der Waals surface area contributed by atoms with Crippen LogP contribution in [0.25, 0.3) is 0 Å². The Hall–Kier alpha value is -0.960. The minimum absolute atomic E-state index is 0.366. The fraction of sp³-hybridized carbons (Fsp3) is 0.643. The van der Waals surface area contributed by atoms with Gasteiger partial charge in [0.2, 0.25) is 0 Å². The second-order valence-electron chi connectivity index (χ2n) is 5.62. The maximum atomic E-state index is 13.0. The number of pyridine rings is 1. The summed E-state index contributed by atoms with van der Waals surface area (Å²) < 4.78 is 13.0. The molecule has 1 aromatic rings. The highest BCUT2D eigenvalue weighted by atomic mass is 19.1. The van der Waals surface area contributed by atoms with Gasteiger partial charge in [0.1, 0.15) is 5.82 Å². The van der Waals surface area contributed by atoms with Crippen molar-refractivity contribution in [2.45, 2.75) is 38.2 Å². The van der Waals surface area contributed by atoms with E-state index in [1.165, 1.54) is 37.9 Å². The molecule has 0 amide bonds. The molecule has 3 heteroatoms. The molecule has 0 radical (unpaired) electrons. The third-order valence-electron chi connectivity index (χ3n) is 4.52. The lowest BCUT2D eigenvalue weighted by Gasteiger charge is -2.24. The third kappa shape index (κ3) is 2.21. The average molecular weight is 235 g/mol. The highest BCUT2D eigenvalue weighted by molar-refractivity contribution is 5.13. The molecule has 1 aromatic heterocycles. The second kappa shape index (κ2) is 4.37. The SMILES string of the molecule is OC(CC1CC2CCC1C2)c1cncc(F)c1. The van der Waals surface area contributed by atoms with Gasteiger partial charge in [-0.2, -0.15) is 0 Å². The molecular weight excluding hydrogens is 217 g/mol. The van der Waals surface area contributed by atoms with Gasteiger partial charge >= 0.3 is 0 Å². The average Bonchev–Trinajstić information content (AvgIpc) is 2.91. The first-order chi connectivity index (χ1) is 8.22. The quantitative estimate of drug-likeness (QED) is 0.873. The highest BCUT2D eigenvalue weighted by Crippen LogP contribution is 2.50. The van der Waals surface area contributed by atoms with Crippen LogP contribution in [0.3, 0.4) is 0 Å². The van der Waals surface area contributed by atoms with Gasteiger partial charge in [-0.3, -0.25) is 4.98 Å². The van der Waals surface area contributed by atoms with E-state index in [9.17, 15) is 9.50 Å². The summed E-state index contributed by atoms with van der Waals surface area (Å²) in [7, 11) is 0. The van der Waals surface area contributed by atoms with Crippen LogP contribution in [0.1, 0.15) is 43.8 Å². The van der Waals surface area contributed by atoms with Crippen LogP contribution in [0, 0.1) is 23.6 Å². The largest absolute Gasteiger partial charge is 0.388 e. The lowest BCUT2D eigenvalue weighted by Crippen LogP contribution is -2.14. The van der Waals surface area contributed by atoms with E-state index in [-0.39, 0.29) is 5.82 Å². The van der Waals surface area contributed by atoms with Gasteiger partial charge in [0, 0.05) is 11.8 Å². The van der Waals surface area contributed by atoms with Crippen LogP contribution in [0.5, 0.6) is 0 Å². The highest BCUT2D eigenvalue weighted by Gasteiger charge is 2.40. The molecule has 3 rings (SSSR count). The van der Waals surface area contributed by atoms with Crippen LogP contribution < -0.4 is 0 Å². The Balaban J connectivity index is 1.65. The van der Waals surface area contributed by atoms with E-state index in [1.54, 1.807) is 6.20 Å². The lowest BCUT2D eigenvalue weighted by atomic mass is 9.84. The molecule has 2 bridgehead atoms. The number of fused-ring (bicyclic) bond motifs is 2. The number of hydrogen-bond donors (Lipinski definition) is 1. The summed E-state index contributed by atoms with van der Waals surface area (Å²) in [4.78, 5) is 3.79. The number of halogens is 1. The van der Waals surface area contributed by atoms with Gasteiger partial charge in [-0.25, -0.2) is 4.39 Å². The van der Waals surface area contributed by atoms with Crippen molar-refractivity contribution >= 4 is 0 Å². The van der Waals surface area contributed by atoms with Crippen LogP contribution in [0.15, 0.2) is 18.5 Å². The molecule has 1 N–H and O–H groups in total. The Labute approximate surface area is 101 Å². The van der Waals surface area contributed by atoms with Gasteiger partial charge in [0.25, 0.3) is 0 Å². The third-order valence-corrected chi connectivity index (χ3v) is 4.52. The van der Waals surface area contributed by atoms with Gasteiger partial charge in [0.15, 0.2) is 0 Å². The van der Waals surface area contributed by atoms with Crippen LogP contribution >= 0.6 is 0 Å². The van der Waals surface area contributed by atoms with E-state index in [2.05, 4.69) is 4.98 Å². The predicted molar refractivity (Wildman–Crippen MR) is 62.7 cm³/mol. The molecule has 92 valence electrons. The van der Waals surface area contributed by atoms with E-state index in [0.717, 1.165) is 18.3 Å². The minimum atomic E-state index is -0.553. The van der Waals surface area contributed by atoms with Gasteiger partial charge in [-0.05, 0) is 49.5 Å². The van der Waals surface area contributed by atoms with Gasteiger partial charge in [-0.1, -0.05) is 6.42 Å². The Morgan fingerprint density at radius 3 is 2.88 bits per heavy atom. The molecule has 0 spiro atoms. The summed E-state index contributed by atoms with van der Waals surface area (Å²) in [5.74, 6) is 1.96. The number of aliphatic hydroxyl groups excluding tert-OH is 1. The summed E-state index contributed by atoms with van der Waals surface area (Å²) >= 11 is 0. The first-order valence-electron chi connectivity index (χ1n) is 6.51. The van der Waals surface area contributed by atoms with Crippen molar-refractivity contribution in [3.63, 3.8) is 0 Å². The maximum absolute atomic E-state index is 13.0. The fourth-order valence-corrected chi connectivity index (χ4v) is 3.70. The minimum Gasteiger partial charge on any atom is -0.388 e. The normalized spacial score (nSPS) is 32.9. The summed E-state index contributed by atoms with van der Waals surface area (Å²) in [6, 6.07) is 1.39. The van der Waals surface area contributed by atoms with Crippen LogP contribution in [-0.2, 0) is 0 Å². The van der Waals surface area contributed by atoms with Crippen molar-refractivity contribution in [2.24, 2.45) is 17.8 Å². The van der Waals surface area contributed by atoms with Gasteiger partial charge in [0.05, 0.1) is 12.3 Å². The number of aromatic nitrogens is 1. The monoisotopic (exact) mass is 235 g/mol. The summed E-state index contributed by atoms with van der Waals surface area (Å²) in [5.41, 5.74) is 0.618. The summed E-state index contributed by atoms with van der Waals surface area (Å²) in [5, 5.41) is 10.1. The molecule has 2 nitrogen and oxygen atoms in total. The van der Waals surface area contributed by atoms with Crippen molar-refractivity contribution < 1.29 is 9.50 Å². The van der Waals surface area contributed by atoms with E-state index in [4.69, 9.17) is 0 Å². The van der Waals surface area contributed by atoms with Gasteiger partial charge < -0.3 is 5.11 Å². The standard InChI is InChI=1S/C14H18FNO/c15-13-5-12(7-16-8-13)14(17)6-11-4-9-1-2-10(11)3-9/h5,7-11,14,17H,1-4,6H2. The predicted octanol–water partition coefficient (Wildman–Crippen LogP) is 3.08. The first-order valence-corrected chi connectivity index (χ1v) is 6.51. The molecule has 4 atom stereocenters. The Morgan fingerprint density at radius 2 is 2.24 bits per heavy atom. The molecule has 2 saturated carbocycles. The zero-order valence-electron chi connectivity index (χ0n) is 9.85. The molecule has 2 fully saturated rings. The Bertz CT molecular complexity index is 409. The molecule has 1 heterocycles. The molecule has 0 saturated heterocycles. The van der Waals surface area contributed by atoms with E-state index >= 15 is 0 Å². The maximum Gasteiger partial charge on any atom is 0.141 e. The van der Waals surface area contributed by atoms with Crippen molar-refractivity contribution in [1.29, 1.82) is 0 Å². The van der Waals surface area contributed by atoms with E-state index in [1.807, 2.05) is 0 Å². The smallest absolute Gasteiger partial charge is 0.141 e. The lowest BCUT2D eigenvalue weighted by molar-refractivity contribution is 0.125. The van der Waals surface area contributed by atoms with Crippen LogP contribution in [0.2, 0.25) is 0 Å². The van der Waals surface area contributed by atoms with Crippen LogP contribution in [-0.4, -0.2) is 10.1 Å².